The van der Waals surface area contributed by atoms with Crippen LogP contribution in [0, 0.1) is 6.92 Å². The van der Waals surface area contributed by atoms with Crippen LogP contribution in [-0.4, -0.2) is 29.4 Å². The molecule has 0 bridgehead atoms. The summed E-state index contributed by atoms with van der Waals surface area (Å²) in [6.45, 7) is 2.69. The van der Waals surface area contributed by atoms with E-state index in [0.29, 0.717) is 12.1 Å². The van der Waals surface area contributed by atoms with Gasteiger partial charge in [0.1, 0.15) is 0 Å². The maximum atomic E-state index is 12.3. The largest absolute Gasteiger partial charge is 0.341 e. The summed E-state index contributed by atoms with van der Waals surface area (Å²) >= 11 is 3.46. The van der Waals surface area contributed by atoms with Gasteiger partial charge in [-0.05, 0) is 48.7 Å². The first kappa shape index (κ1) is 14.7. The van der Waals surface area contributed by atoms with E-state index >= 15 is 0 Å². The molecule has 0 saturated carbocycles. The normalized spacial score (nSPS) is 10.3. The van der Waals surface area contributed by atoms with E-state index in [9.17, 15) is 4.79 Å². The van der Waals surface area contributed by atoms with E-state index in [1.807, 2.05) is 44.3 Å². The fourth-order valence-electron chi connectivity index (χ4n) is 1.89. The molecule has 1 heterocycles. The molecule has 3 nitrogen and oxygen atoms in total. The Hall–Kier alpha value is -1.68. The van der Waals surface area contributed by atoms with E-state index in [1.54, 1.807) is 17.3 Å². The number of carbonyl (C=O) groups excluding carboxylic acids is 1. The summed E-state index contributed by atoms with van der Waals surface area (Å²) in [4.78, 5) is 18.1. The standard InChI is InChI=1S/C16H17BrN2O/c1-12-3-4-14(11-15(12)17)16(20)19(2)10-7-13-5-8-18-9-6-13/h3-6,8-9,11H,7,10H2,1-2H3. The quantitative estimate of drug-likeness (QED) is 0.858. The van der Waals surface area contributed by atoms with Crippen molar-refractivity contribution in [3.8, 4) is 0 Å². The zero-order valence-corrected chi connectivity index (χ0v) is 13.2. The summed E-state index contributed by atoms with van der Waals surface area (Å²) in [6.07, 6.45) is 4.38. The molecule has 1 aromatic carbocycles. The van der Waals surface area contributed by atoms with Gasteiger partial charge in [0.05, 0.1) is 0 Å². The molecule has 0 unspecified atom stereocenters. The number of hydrogen-bond donors (Lipinski definition) is 0. The first-order valence-electron chi connectivity index (χ1n) is 6.48. The summed E-state index contributed by atoms with van der Waals surface area (Å²) in [5, 5.41) is 0. The van der Waals surface area contributed by atoms with Crippen LogP contribution >= 0.6 is 15.9 Å². The number of amides is 1. The summed E-state index contributed by atoms with van der Waals surface area (Å²) in [7, 11) is 1.83. The zero-order chi connectivity index (χ0) is 14.5. The molecule has 0 radical (unpaired) electrons. The SMILES string of the molecule is Cc1ccc(C(=O)N(C)CCc2ccncc2)cc1Br. The molecule has 2 rings (SSSR count). The van der Waals surface area contributed by atoms with Crippen molar-refractivity contribution in [3.05, 3.63) is 63.9 Å². The number of aromatic nitrogens is 1. The molecule has 1 amide bonds. The van der Waals surface area contributed by atoms with E-state index in [0.717, 1.165) is 16.5 Å². The summed E-state index contributed by atoms with van der Waals surface area (Å²) < 4.78 is 0.964. The van der Waals surface area contributed by atoms with E-state index in [1.165, 1.54) is 5.56 Å². The highest BCUT2D eigenvalue weighted by atomic mass is 79.9. The molecule has 0 atom stereocenters. The van der Waals surface area contributed by atoms with Crippen molar-refractivity contribution in [2.75, 3.05) is 13.6 Å². The Kier molecular flexibility index (Phi) is 4.90. The van der Waals surface area contributed by atoms with Crippen LogP contribution in [0.2, 0.25) is 0 Å². The second-order valence-electron chi connectivity index (χ2n) is 4.80. The van der Waals surface area contributed by atoms with Crippen LogP contribution < -0.4 is 0 Å². The first-order chi connectivity index (χ1) is 9.58. The third-order valence-electron chi connectivity index (χ3n) is 3.25. The fourth-order valence-corrected chi connectivity index (χ4v) is 2.27. The van der Waals surface area contributed by atoms with Crippen LogP contribution in [0.4, 0.5) is 0 Å². The Balaban J connectivity index is 1.99. The van der Waals surface area contributed by atoms with Crippen molar-refractivity contribution in [2.24, 2.45) is 0 Å². The minimum atomic E-state index is 0.0414. The molecule has 4 heteroatoms. The molecule has 0 saturated heterocycles. The molecule has 0 aliphatic carbocycles. The minimum Gasteiger partial charge on any atom is -0.341 e. The third-order valence-corrected chi connectivity index (χ3v) is 4.11. The Bertz CT molecular complexity index is 599. The summed E-state index contributed by atoms with van der Waals surface area (Å²) in [6, 6.07) is 9.64. The van der Waals surface area contributed by atoms with Gasteiger partial charge in [-0.25, -0.2) is 0 Å². The van der Waals surface area contributed by atoms with Gasteiger partial charge in [0.15, 0.2) is 0 Å². The van der Waals surface area contributed by atoms with Crippen LogP contribution in [0.5, 0.6) is 0 Å². The number of benzene rings is 1. The predicted octanol–water partition coefficient (Wildman–Crippen LogP) is 3.47. The zero-order valence-electron chi connectivity index (χ0n) is 11.6. The van der Waals surface area contributed by atoms with Gasteiger partial charge in [0, 0.05) is 36.0 Å². The van der Waals surface area contributed by atoms with E-state index in [-0.39, 0.29) is 5.91 Å². The maximum Gasteiger partial charge on any atom is 0.253 e. The third kappa shape index (κ3) is 3.67. The Labute approximate surface area is 127 Å². The molecule has 0 spiro atoms. The molecular formula is C16H17BrN2O. The van der Waals surface area contributed by atoms with E-state index in [2.05, 4.69) is 20.9 Å². The first-order valence-corrected chi connectivity index (χ1v) is 7.28. The average molecular weight is 333 g/mol. The smallest absolute Gasteiger partial charge is 0.253 e. The lowest BCUT2D eigenvalue weighted by atomic mass is 10.1. The molecule has 0 aliphatic heterocycles. The van der Waals surface area contributed by atoms with Gasteiger partial charge < -0.3 is 4.90 Å². The van der Waals surface area contributed by atoms with Crippen molar-refractivity contribution in [1.29, 1.82) is 0 Å². The highest BCUT2D eigenvalue weighted by molar-refractivity contribution is 9.10. The number of aryl methyl sites for hydroxylation is 1. The number of rotatable bonds is 4. The van der Waals surface area contributed by atoms with Crippen molar-refractivity contribution >= 4 is 21.8 Å². The molecule has 104 valence electrons. The van der Waals surface area contributed by atoms with Crippen LogP contribution in [0.1, 0.15) is 21.5 Å². The lowest BCUT2D eigenvalue weighted by molar-refractivity contribution is 0.0796. The fraction of sp³-hybridized carbons (Fsp3) is 0.250. The van der Waals surface area contributed by atoms with Gasteiger partial charge in [0.2, 0.25) is 0 Å². The summed E-state index contributed by atoms with van der Waals surface area (Å²) in [5.74, 6) is 0.0414. The maximum absolute atomic E-state index is 12.3. The second-order valence-corrected chi connectivity index (χ2v) is 5.65. The highest BCUT2D eigenvalue weighted by Crippen LogP contribution is 2.18. The van der Waals surface area contributed by atoms with Gasteiger partial charge in [-0.1, -0.05) is 22.0 Å². The molecule has 20 heavy (non-hydrogen) atoms. The molecule has 0 aliphatic rings. The van der Waals surface area contributed by atoms with Gasteiger partial charge >= 0.3 is 0 Å². The molecule has 1 aromatic heterocycles. The van der Waals surface area contributed by atoms with E-state index in [4.69, 9.17) is 0 Å². The number of halogens is 1. The topological polar surface area (TPSA) is 33.2 Å². The molecule has 0 fully saturated rings. The number of hydrogen-bond acceptors (Lipinski definition) is 2. The van der Waals surface area contributed by atoms with Crippen molar-refractivity contribution < 1.29 is 4.79 Å². The Morgan fingerprint density at radius 2 is 1.95 bits per heavy atom. The van der Waals surface area contributed by atoms with Crippen LogP contribution in [0.15, 0.2) is 47.2 Å². The van der Waals surface area contributed by atoms with Gasteiger partial charge in [0.25, 0.3) is 5.91 Å². The molecule has 2 aromatic rings. The van der Waals surface area contributed by atoms with Crippen LogP contribution in [-0.2, 0) is 6.42 Å². The number of carbonyl (C=O) groups is 1. The number of likely N-dealkylation sites (N-methyl/N-ethyl adjacent to an activating group) is 1. The number of nitrogens with zero attached hydrogens (tertiary/aromatic N) is 2. The lowest BCUT2D eigenvalue weighted by Crippen LogP contribution is -2.28. The lowest BCUT2D eigenvalue weighted by Gasteiger charge is -2.17. The van der Waals surface area contributed by atoms with Crippen molar-refractivity contribution in [1.82, 2.24) is 9.88 Å². The predicted molar refractivity (Wildman–Crippen MR) is 83.8 cm³/mol. The molecule has 0 N–H and O–H groups in total. The monoisotopic (exact) mass is 332 g/mol. The average Bonchev–Trinajstić information content (AvgIpc) is 2.48. The highest BCUT2D eigenvalue weighted by Gasteiger charge is 2.12. The number of pyridine rings is 1. The summed E-state index contributed by atoms with van der Waals surface area (Å²) in [5.41, 5.74) is 3.02. The minimum absolute atomic E-state index is 0.0414. The van der Waals surface area contributed by atoms with Crippen molar-refractivity contribution in [3.63, 3.8) is 0 Å². The Morgan fingerprint density at radius 1 is 1.25 bits per heavy atom. The van der Waals surface area contributed by atoms with Crippen LogP contribution in [0.3, 0.4) is 0 Å². The van der Waals surface area contributed by atoms with E-state index < -0.39 is 0 Å². The second kappa shape index (κ2) is 6.66. The Morgan fingerprint density at radius 3 is 2.60 bits per heavy atom. The van der Waals surface area contributed by atoms with Gasteiger partial charge in [-0.2, -0.15) is 0 Å². The van der Waals surface area contributed by atoms with Gasteiger partial charge in [-0.15, -0.1) is 0 Å². The van der Waals surface area contributed by atoms with Crippen LogP contribution in [0.25, 0.3) is 0 Å². The molecular weight excluding hydrogens is 316 g/mol. The van der Waals surface area contributed by atoms with Gasteiger partial charge in [-0.3, -0.25) is 9.78 Å². The van der Waals surface area contributed by atoms with Crippen molar-refractivity contribution in [2.45, 2.75) is 13.3 Å².